The van der Waals surface area contributed by atoms with Gasteiger partial charge in [-0.25, -0.2) is 0 Å². The minimum absolute atomic E-state index is 0.0145. The van der Waals surface area contributed by atoms with Crippen molar-refractivity contribution in [2.75, 3.05) is 20.6 Å². The van der Waals surface area contributed by atoms with E-state index >= 15 is 0 Å². The molecule has 4 aliphatic rings. The third kappa shape index (κ3) is 1.28. The van der Waals surface area contributed by atoms with Crippen molar-refractivity contribution in [3.8, 4) is 11.5 Å². The van der Waals surface area contributed by atoms with Gasteiger partial charge in [-0.1, -0.05) is 18.2 Å². The van der Waals surface area contributed by atoms with E-state index in [9.17, 15) is 6.48 Å². The normalized spacial score (nSPS) is 51.3. The van der Waals surface area contributed by atoms with Gasteiger partial charge in [0.2, 0.25) is 0 Å². The number of piperidine rings is 1. The highest BCUT2D eigenvalue weighted by molar-refractivity contribution is 5.62. The molecule has 0 amide bonds. The fourth-order valence-corrected chi connectivity index (χ4v) is 4.69. The molecule has 5 atom stereocenters. The fraction of sp³-hybridized carbons (Fsp3) is 0.556. The van der Waals surface area contributed by atoms with Crippen LogP contribution in [-0.4, -0.2) is 48.9 Å². The zero-order chi connectivity index (χ0) is 20.3. The molecule has 0 aromatic heterocycles. The summed E-state index contributed by atoms with van der Waals surface area (Å²) in [5.74, 6) is -0.360. The van der Waals surface area contributed by atoms with Crippen LogP contribution in [0.15, 0.2) is 24.3 Å². The van der Waals surface area contributed by atoms with E-state index in [-0.39, 0.29) is 11.5 Å². The van der Waals surface area contributed by atoms with Crippen LogP contribution in [0.5, 0.6) is 11.5 Å². The van der Waals surface area contributed by atoms with Gasteiger partial charge in [-0.05, 0) is 38.0 Å². The van der Waals surface area contributed by atoms with Gasteiger partial charge in [0.15, 0.2) is 11.5 Å². The van der Waals surface area contributed by atoms with E-state index in [2.05, 4.69) is 0 Å². The van der Waals surface area contributed by atoms with E-state index in [1.54, 1.807) is 24.1 Å². The molecule has 5 rings (SSSR count). The molecule has 2 bridgehead atoms. The summed E-state index contributed by atoms with van der Waals surface area (Å²) in [5.41, 5.74) is 0.0594. The summed E-state index contributed by atoms with van der Waals surface area (Å²) in [4.78, 5) is 1.73. The molecule has 1 aromatic rings. The molecule has 1 fully saturated rings. The molecule has 1 spiro atoms. The smallest absolute Gasteiger partial charge is 0.165 e. The lowest BCUT2D eigenvalue weighted by Gasteiger charge is -2.56. The van der Waals surface area contributed by atoms with Gasteiger partial charge in [0, 0.05) is 27.0 Å². The van der Waals surface area contributed by atoms with Crippen molar-refractivity contribution in [3.05, 3.63) is 35.4 Å². The summed E-state index contributed by atoms with van der Waals surface area (Å²) in [7, 11) is -0.936. The number of methoxy groups -OCH3 is 1. The number of aliphatic hydroxyl groups excluding tert-OH is 1. The Hall–Kier alpha value is -1.52. The molecule has 1 N–H and O–H groups in total. The van der Waals surface area contributed by atoms with Crippen LogP contribution in [0.1, 0.15) is 25.8 Å². The Morgan fingerprint density at radius 2 is 2.45 bits per heavy atom. The summed E-state index contributed by atoms with van der Waals surface area (Å²) >= 11 is 0. The average molecular weight is 305 g/mol. The van der Waals surface area contributed by atoms with Crippen LogP contribution in [0.25, 0.3) is 0 Å². The molecule has 4 nitrogen and oxygen atoms in total. The Bertz CT molecular complexity index is 902. The SMILES string of the molecule is [2H]C([2H])([2H])Oc1ccc2c3c1OC1C(O)C=C[C@@H]4[C@@]31CCN(C)[C@]4([2H])C2([2H])[2H]. The lowest BCUT2D eigenvalue weighted by Crippen LogP contribution is -2.64. The summed E-state index contributed by atoms with van der Waals surface area (Å²) in [6.45, 7) is 0.461. The van der Waals surface area contributed by atoms with E-state index in [4.69, 9.17) is 16.3 Å². The van der Waals surface area contributed by atoms with Crippen LogP contribution in [0.4, 0.5) is 0 Å². The van der Waals surface area contributed by atoms with E-state index in [1.807, 2.05) is 0 Å². The molecule has 1 saturated heterocycles. The quantitative estimate of drug-likeness (QED) is 0.799. The highest BCUT2D eigenvalue weighted by Gasteiger charge is 2.64. The summed E-state index contributed by atoms with van der Waals surface area (Å²) in [6.07, 6.45) is 0.173. The number of rotatable bonds is 1. The van der Waals surface area contributed by atoms with E-state index < -0.39 is 43.0 Å². The van der Waals surface area contributed by atoms with Crippen LogP contribution in [0.2, 0.25) is 0 Å². The first-order chi connectivity index (χ1) is 12.9. The number of ether oxygens (including phenoxy) is 2. The summed E-state index contributed by atoms with van der Waals surface area (Å²) in [5, 5.41) is 10.7. The molecule has 22 heavy (non-hydrogen) atoms. The van der Waals surface area contributed by atoms with Gasteiger partial charge in [-0.15, -0.1) is 0 Å². The number of likely N-dealkylation sites (N-methyl/N-ethyl adjacent to an activating group) is 1. The van der Waals surface area contributed by atoms with Crippen LogP contribution >= 0.6 is 0 Å². The lowest BCUT2D eigenvalue weighted by atomic mass is 9.53. The molecule has 2 aliphatic heterocycles. The van der Waals surface area contributed by atoms with Crippen LogP contribution < -0.4 is 9.47 Å². The second-order valence-corrected chi connectivity index (χ2v) is 6.53. The first-order valence-corrected chi connectivity index (χ1v) is 7.56. The van der Waals surface area contributed by atoms with Crippen molar-refractivity contribution in [2.24, 2.45) is 5.92 Å². The molecule has 2 aliphatic carbocycles. The number of aliphatic hydroxyl groups is 1. The van der Waals surface area contributed by atoms with Crippen LogP contribution in [-0.2, 0) is 11.8 Å². The minimum Gasteiger partial charge on any atom is -0.493 e. The number of benzene rings is 1. The molecule has 116 valence electrons. The van der Waals surface area contributed by atoms with Gasteiger partial charge in [0.25, 0.3) is 0 Å². The standard InChI is InChI=1S/C18H21NO3/c1-19-8-7-18-11-4-5-13(20)17(18)22-16-14(21-2)6-3-10(15(16)18)9-12(11)19/h3-6,11-13,17,20H,7-9H2,1-2H3/t11-,12+,13?,17?,18-/m0/s1/i2D3,9D2,12D. The monoisotopic (exact) mass is 305 g/mol. The molecule has 1 aromatic carbocycles. The third-order valence-corrected chi connectivity index (χ3v) is 5.64. The predicted octanol–water partition coefficient (Wildman–Crippen LogP) is 1.50. The Morgan fingerprint density at radius 3 is 3.32 bits per heavy atom. The number of hydrogen-bond donors (Lipinski definition) is 1. The van der Waals surface area contributed by atoms with E-state index in [0.717, 1.165) is 0 Å². The minimum atomic E-state index is -2.69. The lowest BCUT2D eigenvalue weighted by molar-refractivity contribution is -0.0453. The second kappa shape index (κ2) is 4.06. The molecule has 0 saturated carbocycles. The van der Waals surface area contributed by atoms with Crippen molar-refractivity contribution in [2.45, 2.75) is 36.4 Å². The third-order valence-electron chi connectivity index (χ3n) is 5.64. The number of likely N-dealkylation sites (tertiary alicyclic amines) is 1. The van der Waals surface area contributed by atoms with Crippen molar-refractivity contribution in [1.29, 1.82) is 0 Å². The predicted molar refractivity (Wildman–Crippen MR) is 82.5 cm³/mol. The molecular formula is C18H21NO3. The van der Waals surface area contributed by atoms with Crippen LogP contribution in [0.3, 0.4) is 0 Å². The Kier molecular flexibility index (Phi) is 1.54. The van der Waals surface area contributed by atoms with Gasteiger partial charge in [-0.3, -0.25) is 0 Å². The Labute approximate surface area is 138 Å². The highest BCUT2D eigenvalue weighted by Crippen LogP contribution is 2.62. The topological polar surface area (TPSA) is 41.9 Å². The maximum Gasteiger partial charge on any atom is 0.165 e. The van der Waals surface area contributed by atoms with Gasteiger partial charge in [-0.2, -0.15) is 0 Å². The molecule has 2 unspecified atom stereocenters. The Morgan fingerprint density at radius 1 is 1.55 bits per heavy atom. The Balaban J connectivity index is 1.84. The first kappa shape index (κ1) is 8.37. The zero-order valence-electron chi connectivity index (χ0n) is 18.2. The summed E-state index contributed by atoms with van der Waals surface area (Å²) < 4.78 is 60.5. The molecule has 0 radical (unpaired) electrons. The highest BCUT2D eigenvalue weighted by atomic mass is 16.5. The maximum atomic E-state index is 10.7. The van der Waals surface area contributed by atoms with Gasteiger partial charge >= 0.3 is 0 Å². The fourth-order valence-electron chi connectivity index (χ4n) is 4.69. The number of hydrogen-bond acceptors (Lipinski definition) is 4. The van der Waals surface area contributed by atoms with Crippen molar-refractivity contribution in [1.82, 2.24) is 4.90 Å². The van der Waals surface area contributed by atoms with Gasteiger partial charge in [0.05, 0.1) is 11.2 Å². The largest absolute Gasteiger partial charge is 0.493 e. The van der Waals surface area contributed by atoms with Gasteiger partial charge < -0.3 is 19.5 Å². The zero-order valence-corrected chi connectivity index (χ0v) is 12.2. The van der Waals surface area contributed by atoms with Crippen LogP contribution in [0, 0.1) is 5.92 Å². The van der Waals surface area contributed by atoms with Gasteiger partial charge in [0.1, 0.15) is 12.2 Å². The second-order valence-electron chi connectivity index (χ2n) is 6.53. The first-order valence-electron chi connectivity index (χ1n) is 10.6. The maximum absolute atomic E-state index is 10.7. The summed E-state index contributed by atoms with van der Waals surface area (Å²) in [6, 6.07) is 1.33. The molecular weight excluding hydrogens is 278 g/mol. The van der Waals surface area contributed by atoms with Crippen molar-refractivity contribution in [3.63, 3.8) is 0 Å². The van der Waals surface area contributed by atoms with Crippen molar-refractivity contribution >= 4 is 0 Å². The molecule has 2 heterocycles. The van der Waals surface area contributed by atoms with E-state index in [1.165, 1.54) is 12.1 Å². The average Bonchev–Trinajstić information content (AvgIpc) is 2.94. The van der Waals surface area contributed by atoms with E-state index in [0.29, 0.717) is 24.1 Å². The number of nitrogens with zero attached hydrogens (tertiary/aromatic N) is 1. The van der Waals surface area contributed by atoms with Crippen molar-refractivity contribution < 1.29 is 22.8 Å². The molecule has 4 heteroatoms.